The zero-order valence-electron chi connectivity index (χ0n) is 29.3. The van der Waals surface area contributed by atoms with Crippen LogP contribution in [0, 0.1) is 0 Å². The zero-order chi connectivity index (χ0) is 37.1. The fourth-order valence-corrected chi connectivity index (χ4v) is 7.09. The second-order valence-corrected chi connectivity index (χ2v) is 14.4. The number of nitrogens with one attached hydrogen (secondary N) is 1. The van der Waals surface area contributed by atoms with E-state index < -0.39 is 28.5 Å². The summed E-state index contributed by atoms with van der Waals surface area (Å²) in [6, 6.07) is 23.7. The van der Waals surface area contributed by atoms with Gasteiger partial charge in [-0.1, -0.05) is 66.5 Å². The van der Waals surface area contributed by atoms with Gasteiger partial charge in [-0.2, -0.15) is 0 Å². The summed E-state index contributed by atoms with van der Waals surface area (Å²) >= 11 is 12.6. The highest BCUT2D eigenvalue weighted by molar-refractivity contribution is 7.92. The van der Waals surface area contributed by atoms with Crippen LogP contribution in [0.5, 0.6) is 17.2 Å². The summed E-state index contributed by atoms with van der Waals surface area (Å²) in [5, 5.41) is 3.63. The number of amides is 2. The Bertz CT molecular complexity index is 1890. The molecule has 2 atom stereocenters. The summed E-state index contributed by atoms with van der Waals surface area (Å²) in [7, 11) is -1.56. The fraction of sp³-hybridized carbons (Fsp3) is 0.316. The molecule has 0 bridgehead atoms. The topological polar surface area (TPSA) is 114 Å². The minimum atomic E-state index is -4.41. The first-order chi connectivity index (χ1) is 24.4. The van der Waals surface area contributed by atoms with E-state index in [9.17, 15) is 18.0 Å². The number of carbonyl (C=O) groups excluding carboxylic acids is 2. The van der Waals surface area contributed by atoms with Gasteiger partial charge in [0.1, 0.15) is 18.3 Å². The van der Waals surface area contributed by atoms with E-state index in [0.717, 1.165) is 9.87 Å². The molecule has 4 aromatic rings. The Hall–Kier alpha value is -4.45. The van der Waals surface area contributed by atoms with Crippen LogP contribution in [0.15, 0.2) is 95.9 Å². The van der Waals surface area contributed by atoms with E-state index in [1.807, 2.05) is 51.1 Å². The van der Waals surface area contributed by atoms with Crippen LogP contribution in [0.25, 0.3) is 0 Å². The summed E-state index contributed by atoms with van der Waals surface area (Å²) in [5.41, 5.74) is 1.62. The molecule has 4 rings (SSSR count). The van der Waals surface area contributed by atoms with Crippen molar-refractivity contribution < 1.29 is 32.2 Å². The number of rotatable bonds is 17. The number of nitrogens with zero attached hydrogens (tertiary/aromatic N) is 2. The van der Waals surface area contributed by atoms with Gasteiger partial charge in [0.25, 0.3) is 10.0 Å². The quantitative estimate of drug-likeness (QED) is 0.122. The van der Waals surface area contributed by atoms with Crippen LogP contribution in [0.2, 0.25) is 10.0 Å². The number of ether oxygens (including phenoxy) is 3. The standard InChI is InChI=1S/C38H43Cl2N3O7S/c1-6-26(3)41-38(45)34(22-27-11-9-8-10-12-27)42(24-28-13-19-32(39)33(40)21-28)37(44)25-43(29-14-16-30(17-15-29)50-7-2)51(46,47)31-18-20-35(48-4)36(23-31)49-5/h8-21,23,26,34H,6-7,22,24-25H2,1-5H3,(H,41,45). The Balaban J connectivity index is 1.85. The Morgan fingerprint density at radius 2 is 1.51 bits per heavy atom. The van der Waals surface area contributed by atoms with E-state index in [2.05, 4.69) is 5.32 Å². The normalized spacial score (nSPS) is 12.4. The van der Waals surface area contributed by atoms with Gasteiger partial charge in [0.2, 0.25) is 11.8 Å². The molecule has 0 aliphatic rings. The summed E-state index contributed by atoms with van der Waals surface area (Å²) in [5.74, 6) is 0.0598. The van der Waals surface area contributed by atoms with Gasteiger partial charge in [-0.25, -0.2) is 8.42 Å². The van der Waals surface area contributed by atoms with Crippen molar-refractivity contribution >= 4 is 50.7 Å². The molecule has 0 aliphatic heterocycles. The van der Waals surface area contributed by atoms with Crippen molar-refractivity contribution in [1.82, 2.24) is 10.2 Å². The van der Waals surface area contributed by atoms with Gasteiger partial charge in [0.15, 0.2) is 11.5 Å². The van der Waals surface area contributed by atoms with Gasteiger partial charge in [0, 0.05) is 25.1 Å². The number of hydrogen-bond acceptors (Lipinski definition) is 7. The average Bonchev–Trinajstić information content (AvgIpc) is 3.13. The lowest BCUT2D eigenvalue weighted by molar-refractivity contribution is -0.140. The van der Waals surface area contributed by atoms with Crippen molar-refractivity contribution in [2.45, 2.75) is 57.1 Å². The van der Waals surface area contributed by atoms with Gasteiger partial charge in [-0.05, 0) is 79.9 Å². The van der Waals surface area contributed by atoms with Crippen LogP contribution in [0.4, 0.5) is 5.69 Å². The van der Waals surface area contributed by atoms with Crippen molar-refractivity contribution in [3.8, 4) is 17.2 Å². The molecule has 2 amide bonds. The fourth-order valence-electron chi connectivity index (χ4n) is 5.34. The Kier molecular flexibility index (Phi) is 14.0. The van der Waals surface area contributed by atoms with E-state index >= 15 is 0 Å². The average molecular weight is 757 g/mol. The predicted molar refractivity (Wildman–Crippen MR) is 201 cm³/mol. The molecule has 4 aromatic carbocycles. The highest BCUT2D eigenvalue weighted by atomic mass is 35.5. The summed E-state index contributed by atoms with van der Waals surface area (Å²) in [4.78, 5) is 30.1. The number of halogens is 2. The molecule has 0 spiro atoms. The van der Waals surface area contributed by atoms with E-state index in [1.54, 1.807) is 42.5 Å². The lowest BCUT2D eigenvalue weighted by Crippen LogP contribution is -2.54. The van der Waals surface area contributed by atoms with Crippen LogP contribution >= 0.6 is 23.2 Å². The number of methoxy groups -OCH3 is 2. The highest BCUT2D eigenvalue weighted by Crippen LogP contribution is 2.33. The first-order valence-corrected chi connectivity index (χ1v) is 18.7. The first-order valence-electron chi connectivity index (χ1n) is 16.5. The third-order valence-corrected chi connectivity index (χ3v) is 10.8. The molecule has 272 valence electrons. The van der Waals surface area contributed by atoms with E-state index in [1.165, 1.54) is 37.3 Å². The van der Waals surface area contributed by atoms with Gasteiger partial charge < -0.3 is 24.4 Å². The van der Waals surface area contributed by atoms with Crippen molar-refractivity contribution in [1.29, 1.82) is 0 Å². The molecule has 1 N–H and O–H groups in total. The third-order valence-electron chi connectivity index (χ3n) is 8.27. The van der Waals surface area contributed by atoms with Crippen molar-refractivity contribution in [2.24, 2.45) is 0 Å². The molecule has 2 unspecified atom stereocenters. The molecule has 0 aliphatic carbocycles. The number of sulfonamides is 1. The summed E-state index contributed by atoms with van der Waals surface area (Å²) in [6.07, 6.45) is 0.835. The molecule has 51 heavy (non-hydrogen) atoms. The molecule has 0 saturated heterocycles. The molecule has 0 radical (unpaired) electrons. The van der Waals surface area contributed by atoms with Crippen LogP contribution in [0.3, 0.4) is 0 Å². The third kappa shape index (κ3) is 10.1. The highest BCUT2D eigenvalue weighted by Gasteiger charge is 2.35. The lowest BCUT2D eigenvalue weighted by Gasteiger charge is -2.34. The van der Waals surface area contributed by atoms with Gasteiger partial charge in [-0.15, -0.1) is 0 Å². The number of carbonyl (C=O) groups is 2. The molecule has 0 fully saturated rings. The van der Waals surface area contributed by atoms with Gasteiger partial charge >= 0.3 is 0 Å². The maximum absolute atomic E-state index is 14.8. The maximum atomic E-state index is 14.8. The van der Waals surface area contributed by atoms with E-state index in [4.69, 9.17) is 37.4 Å². The van der Waals surface area contributed by atoms with Crippen LogP contribution in [-0.2, 0) is 32.6 Å². The summed E-state index contributed by atoms with van der Waals surface area (Å²) < 4.78 is 46.3. The lowest BCUT2D eigenvalue weighted by atomic mass is 10.0. The van der Waals surface area contributed by atoms with Gasteiger partial charge in [-0.3, -0.25) is 13.9 Å². The zero-order valence-corrected chi connectivity index (χ0v) is 31.6. The molecular weight excluding hydrogens is 713 g/mol. The number of benzene rings is 4. The summed E-state index contributed by atoms with van der Waals surface area (Å²) in [6.45, 7) is 5.38. The molecule has 0 aromatic heterocycles. The van der Waals surface area contributed by atoms with E-state index in [-0.39, 0.29) is 46.3 Å². The van der Waals surface area contributed by atoms with Crippen LogP contribution < -0.4 is 23.8 Å². The largest absolute Gasteiger partial charge is 0.494 e. The predicted octanol–water partition coefficient (Wildman–Crippen LogP) is 7.16. The van der Waals surface area contributed by atoms with Crippen molar-refractivity contribution in [3.63, 3.8) is 0 Å². The second-order valence-electron chi connectivity index (χ2n) is 11.7. The van der Waals surface area contributed by atoms with E-state index in [0.29, 0.717) is 35.1 Å². The minimum Gasteiger partial charge on any atom is -0.494 e. The molecule has 0 saturated carbocycles. The van der Waals surface area contributed by atoms with Gasteiger partial charge in [0.05, 0.1) is 41.5 Å². The Labute approximate surface area is 310 Å². The maximum Gasteiger partial charge on any atom is 0.264 e. The SMILES string of the molecule is CCOc1ccc(N(CC(=O)N(Cc2ccc(Cl)c(Cl)c2)C(Cc2ccccc2)C(=O)NC(C)CC)S(=O)(=O)c2ccc(OC)c(OC)c2)cc1. The van der Waals surface area contributed by atoms with Crippen molar-refractivity contribution in [3.05, 3.63) is 112 Å². The molecular formula is C38H43Cl2N3O7S. The smallest absolute Gasteiger partial charge is 0.264 e. The van der Waals surface area contributed by atoms with Crippen LogP contribution in [0.1, 0.15) is 38.3 Å². The minimum absolute atomic E-state index is 0.0608. The molecule has 13 heteroatoms. The molecule has 10 nitrogen and oxygen atoms in total. The molecule has 0 heterocycles. The number of hydrogen-bond donors (Lipinski definition) is 1. The Morgan fingerprint density at radius 3 is 2.12 bits per heavy atom. The number of anilines is 1. The van der Waals surface area contributed by atoms with Crippen molar-refractivity contribution in [2.75, 3.05) is 31.7 Å². The monoisotopic (exact) mass is 755 g/mol. The first kappa shape index (κ1) is 39.3. The Morgan fingerprint density at radius 1 is 0.824 bits per heavy atom. The van der Waals surface area contributed by atoms with Crippen LogP contribution in [-0.4, -0.2) is 64.6 Å². The second kappa shape index (κ2) is 18.2.